The molecule has 7 nitrogen and oxygen atoms in total. The molecular formula is C22H33N3O4S2. The van der Waals surface area contributed by atoms with Crippen LogP contribution in [0.1, 0.15) is 20.8 Å². The second kappa shape index (κ2) is 13.6. The highest BCUT2D eigenvalue weighted by molar-refractivity contribution is 7.94. The van der Waals surface area contributed by atoms with Crippen LogP contribution in [0, 0.1) is 0 Å². The summed E-state index contributed by atoms with van der Waals surface area (Å²) in [6.45, 7) is 9.73. The predicted molar refractivity (Wildman–Crippen MR) is 128 cm³/mol. The molecule has 0 unspecified atom stereocenters. The Hall–Kier alpha value is -1.78. The molecule has 0 aliphatic heterocycles. The summed E-state index contributed by atoms with van der Waals surface area (Å²) < 4.78 is 30.6. The van der Waals surface area contributed by atoms with Crippen molar-refractivity contribution in [3.8, 4) is 0 Å². The van der Waals surface area contributed by atoms with Gasteiger partial charge in [-0.05, 0) is 56.8 Å². The minimum atomic E-state index is -3.35. The minimum Gasteiger partial charge on any atom is -0.385 e. The third-order valence-electron chi connectivity index (χ3n) is 4.58. The second-order valence-corrected chi connectivity index (χ2v) is 9.73. The summed E-state index contributed by atoms with van der Waals surface area (Å²) in [7, 11) is -3.35. The highest BCUT2D eigenvalue weighted by Gasteiger charge is 2.16. The Morgan fingerprint density at radius 2 is 1.61 bits per heavy atom. The fourth-order valence-corrected chi connectivity index (χ4v) is 4.76. The summed E-state index contributed by atoms with van der Waals surface area (Å²) in [6, 6.07) is 14.9. The molecule has 9 heteroatoms. The van der Waals surface area contributed by atoms with E-state index in [1.807, 2.05) is 56.0 Å². The Morgan fingerprint density at radius 3 is 2.29 bits per heavy atom. The van der Waals surface area contributed by atoms with Gasteiger partial charge in [0.25, 0.3) is 0 Å². The van der Waals surface area contributed by atoms with Gasteiger partial charge in [-0.2, -0.15) is 4.33 Å². The van der Waals surface area contributed by atoms with E-state index in [1.54, 1.807) is 18.2 Å². The summed E-state index contributed by atoms with van der Waals surface area (Å²) in [6.07, 6.45) is 0. The van der Waals surface area contributed by atoms with E-state index < -0.39 is 9.84 Å². The minimum absolute atomic E-state index is 0.0588. The van der Waals surface area contributed by atoms with Crippen LogP contribution in [0.3, 0.4) is 0 Å². The van der Waals surface area contributed by atoms with Crippen molar-refractivity contribution < 1.29 is 17.6 Å². The van der Waals surface area contributed by atoms with E-state index in [-0.39, 0.29) is 5.75 Å². The fourth-order valence-electron chi connectivity index (χ4n) is 2.92. The zero-order chi connectivity index (χ0) is 22.5. The van der Waals surface area contributed by atoms with E-state index in [9.17, 15) is 8.42 Å². The van der Waals surface area contributed by atoms with Crippen molar-refractivity contribution >= 4 is 33.3 Å². The highest BCUT2D eigenvalue weighted by atomic mass is 32.2. The van der Waals surface area contributed by atoms with Crippen molar-refractivity contribution in [1.29, 1.82) is 0 Å². The fraction of sp³-hybridized carbons (Fsp3) is 0.455. The number of anilines is 2. The average Bonchev–Trinajstić information content (AvgIpc) is 2.76. The van der Waals surface area contributed by atoms with Crippen LogP contribution in [0.4, 0.5) is 11.4 Å². The number of hydrogen-bond donors (Lipinski definition) is 2. The lowest BCUT2D eigenvalue weighted by Gasteiger charge is -2.19. The Balaban J connectivity index is 1.74. The maximum atomic E-state index is 12.7. The quantitative estimate of drug-likeness (QED) is 0.174. The molecule has 2 aromatic carbocycles. The lowest BCUT2D eigenvalue weighted by Crippen LogP contribution is -2.32. The molecule has 0 aliphatic carbocycles. The van der Waals surface area contributed by atoms with Crippen molar-refractivity contribution in [2.24, 2.45) is 0 Å². The zero-order valence-corrected chi connectivity index (χ0v) is 20.1. The van der Waals surface area contributed by atoms with E-state index in [0.717, 1.165) is 47.9 Å². The van der Waals surface area contributed by atoms with Gasteiger partial charge < -0.3 is 15.5 Å². The van der Waals surface area contributed by atoms with E-state index >= 15 is 0 Å². The second-order valence-electron chi connectivity index (χ2n) is 6.84. The largest absolute Gasteiger partial charge is 0.385 e. The summed E-state index contributed by atoms with van der Waals surface area (Å²) >= 11 is 1.16. The molecule has 2 N–H and O–H groups in total. The van der Waals surface area contributed by atoms with Crippen LogP contribution < -0.4 is 10.6 Å². The normalized spacial score (nSPS) is 11.6. The number of likely N-dealkylation sites (N-methyl/N-ethyl adjacent to an activating group) is 1. The molecule has 0 saturated heterocycles. The summed E-state index contributed by atoms with van der Waals surface area (Å²) in [5.41, 5.74) is 1.85. The molecule has 0 saturated carbocycles. The Labute approximate surface area is 190 Å². The van der Waals surface area contributed by atoms with E-state index in [0.29, 0.717) is 24.6 Å². The molecule has 0 amide bonds. The van der Waals surface area contributed by atoms with Gasteiger partial charge in [0.1, 0.15) is 0 Å². The van der Waals surface area contributed by atoms with E-state index in [1.165, 1.54) is 0 Å². The number of sulfone groups is 1. The SMILES string of the molecule is CCNc1cccc(SOOCCN(CC)CCS(=O)(=O)c2cccc(NCC)c2)c1. The van der Waals surface area contributed by atoms with Gasteiger partial charge >= 0.3 is 0 Å². The number of benzene rings is 2. The average molecular weight is 468 g/mol. The topological polar surface area (TPSA) is 79.9 Å². The first kappa shape index (κ1) is 25.5. The third kappa shape index (κ3) is 9.08. The van der Waals surface area contributed by atoms with Crippen molar-refractivity contribution in [2.75, 3.05) is 55.7 Å². The standard InChI is InChI=1S/C22H33N3O4S2/c1-4-23-19-9-7-11-21(17-19)30-29-28-15-13-25(6-3)14-16-31(26,27)22-12-8-10-20(18-22)24-5-2/h7-12,17-18,23-24H,4-6,13-16H2,1-3H3. The highest BCUT2D eigenvalue weighted by Crippen LogP contribution is 2.22. The van der Waals surface area contributed by atoms with Gasteiger partial charge in [0.15, 0.2) is 9.84 Å². The van der Waals surface area contributed by atoms with Crippen molar-refractivity contribution in [1.82, 2.24) is 4.90 Å². The van der Waals surface area contributed by atoms with Crippen LogP contribution in [0.2, 0.25) is 0 Å². The summed E-state index contributed by atoms with van der Waals surface area (Å²) in [5, 5.41) is 6.40. The van der Waals surface area contributed by atoms with Gasteiger partial charge in [-0.15, -0.1) is 0 Å². The van der Waals surface area contributed by atoms with Gasteiger partial charge in [-0.1, -0.05) is 19.1 Å². The van der Waals surface area contributed by atoms with Crippen molar-refractivity contribution in [3.63, 3.8) is 0 Å². The molecule has 31 heavy (non-hydrogen) atoms. The molecule has 0 aromatic heterocycles. The Bertz CT molecular complexity index is 894. The number of nitrogens with zero attached hydrogens (tertiary/aromatic N) is 1. The van der Waals surface area contributed by atoms with Gasteiger partial charge in [0.2, 0.25) is 0 Å². The summed E-state index contributed by atoms with van der Waals surface area (Å²) in [5.74, 6) is 0.0588. The van der Waals surface area contributed by atoms with Gasteiger partial charge in [0, 0.05) is 42.4 Å². The van der Waals surface area contributed by atoms with Crippen molar-refractivity contribution in [2.45, 2.75) is 30.6 Å². The predicted octanol–water partition coefficient (Wildman–Crippen LogP) is 4.30. The number of nitrogens with one attached hydrogen (secondary N) is 2. The maximum absolute atomic E-state index is 12.7. The monoisotopic (exact) mass is 467 g/mol. The molecule has 0 fully saturated rings. The molecule has 172 valence electrons. The smallest absolute Gasteiger partial charge is 0.179 e. The molecule has 0 heterocycles. The third-order valence-corrected chi connectivity index (χ3v) is 6.88. The molecule has 0 atom stereocenters. The molecule has 0 bridgehead atoms. The Morgan fingerprint density at radius 1 is 0.935 bits per heavy atom. The first-order valence-electron chi connectivity index (χ1n) is 10.6. The van der Waals surface area contributed by atoms with E-state index in [2.05, 4.69) is 10.6 Å². The van der Waals surface area contributed by atoms with E-state index in [4.69, 9.17) is 9.22 Å². The van der Waals surface area contributed by atoms with Crippen molar-refractivity contribution in [3.05, 3.63) is 48.5 Å². The van der Waals surface area contributed by atoms with Crippen LogP contribution >= 0.6 is 12.0 Å². The lowest BCUT2D eigenvalue weighted by molar-refractivity contribution is -0.193. The maximum Gasteiger partial charge on any atom is 0.179 e. The molecular weight excluding hydrogens is 434 g/mol. The summed E-state index contributed by atoms with van der Waals surface area (Å²) in [4.78, 5) is 8.59. The first-order chi connectivity index (χ1) is 15.0. The Kier molecular flexibility index (Phi) is 11.2. The van der Waals surface area contributed by atoms with Gasteiger partial charge in [0.05, 0.1) is 29.3 Å². The van der Waals surface area contributed by atoms with Crippen LogP contribution in [0.15, 0.2) is 58.3 Å². The van der Waals surface area contributed by atoms with Crippen LogP contribution in [-0.4, -0.2) is 58.4 Å². The molecule has 2 aromatic rings. The van der Waals surface area contributed by atoms with Crippen LogP contribution in [0.25, 0.3) is 0 Å². The van der Waals surface area contributed by atoms with Crippen LogP contribution in [0.5, 0.6) is 0 Å². The number of rotatable bonds is 15. The first-order valence-corrected chi connectivity index (χ1v) is 13.0. The molecule has 0 radical (unpaired) electrons. The van der Waals surface area contributed by atoms with Gasteiger partial charge in [-0.3, -0.25) is 0 Å². The van der Waals surface area contributed by atoms with Gasteiger partial charge in [-0.25, -0.2) is 13.3 Å². The van der Waals surface area contributed by atoms with Crippen LogP contribution in [-0.2, 0) is 19.1 Å². The molecule has 0 spiro atoms. The number of hydrogen-bond acceptors (Lipinski definition) is 8. The zero-order valence-electron chi connectivity index (χ0n) is 18.5. The molecule has 0 aliphatic rings. The molecule has 2 rings (SSSR count). The lowest BCUT2D eigenvalue weighted by atomic mass is 10.3.